The average Bonchev–Trinajstić information content (AvgIpc) is 3.15. The highest BCUT2D eigenvalue weighted by molar-refractivity contribution is 5.95. The molecule has 1 aromatic heterocycles. The standard InChI is InChI=1S/C16H23N3O3/c1-10-12(4-7-18-10)16(21)19-8-5-11(6-9-19)13-2-3-14(22-13)15(17)20/h4,7,11,13-14,18H,2-3,5-6,8-9H2,1H3,(H2,17,20)/t13-,14+/m0/s1. The normalized spacial score (nSPS) is 26.3. The SMILES string of the molecule is Cc1[nH]ccc1C(=O)N1CCC([C@@H]2CC[C@H](C(N)=O)O2)CC1. The van der Waals surface area contributed by atoms with Crippen LogP contribution >= 0.6 is 0 Å². The number of ether oxygens (including phenoxy) is 1. The van der Waals surface area contributed by atoms with Crippen molar-refractivity contribution in [2.24, 2.45) is 11.7 Å². The van der Waals surface area contributed by atoms with Crippen molar-refractivity contribution in [2.45, 2.75) is 44.8 Å². The fourth-order valence-corrected chi connectivity index (χ4v) is 3.55. The van der Waals surface area contributed by atoms with E-state index in [2.05, 4.69) is 4.98 Å². The van der Waals surface area contributed by atoms with E-state index in [9.17, 15) is 9.59 Å². The number of amides is 2. The lowest BCUT2D eigenvalue weighted by Gasteiger charge is -2.34. The fourth-order valence-electron chi connectivity index (χ4n) is 3.55. The molecule has 3 N–H and O–H groups in total. The van der Waals surface area contributed by atoms with Crippen LogP contribution in [0.15, 0.2) is 12.3 Å². The minimum absolute atomic E-state index is 0.0968. The first-order valence-corrected chi connectivity index (χ1v) is 7.94. The molecule has 2 aliphatic rings. The number of rotatable bonds is 3. The number of nitrogens with one attached hydrogen (secondary N) is 1. The summed E-state index contributed by atoms with van der Waals surface area (Å²) >= 11 is 0. The Bertz CT molecular complexity index is 561. The molecule has 2 aliphatic heterocycles. The van der Waals surface area contributed by atoms with Gasteiger partial charge in [0.05, 0.1) is 11.7 Å². The van der Waals surface area contributed by atoms with Gasteiger partial charge in [-0.25, -0.2) is 0 Å². The molecule has 0 spiro atoms. The van der Waals surface area contributed by atoms with Crippen molar-refractivity contribution in [1.82, 2.24) is 9.88 Å². The van der Waals surface area contributed by atoms with E-state index in [0.717, 1.165) is 50.0 Å². The van der Waals surface area contributed by atoms with Gasteiger partial charge in [0.2, 0.25) is 5.91 Å². The Morgan fingerprint density at radius 2 is 2.00 bits per heavy atom. The summed E-state index contributed by atoms with van der Waals surface area (Å²) in [4.78, 5) is 28.6. The average molecular weight is 305 g/mol. The minimum atomic E-state index is -0.424. The van der Waals surface area contributed by atoms with Crippen molar-refractivity contribution in [3.8, 4) is 0 Å². The molecular formula is C16H23N3O3. The van der Waals surface area contributed by atoms with E-state index in [0.29, 0.717) is 5.92 Å². The van der Waals surface area contributed by atoms with Gasteiger partial charge in [0.25, 0.3) is 5.91 Å². The molecule has 0 aliphatic carbocycles. The maximum absolute atomic E-state index is 12.5. The molecule has 2 amide bonds. The number of nitrogens with two attached hydrogens (primary N) is 1. The number of carbonyl (C=O) groups excluding carboxylic acids is 2. The highest BCUT2D eigenvalue weighted by atomic mass is 16.5. The highest BCUT2D eigenvalue weighted by Gasteiger charge is 2.36. The molecule has 3 rings (SSSR count). The van der Waals surface area contributed by atoms with Crippen LogP contribution in [0.2, 0.25) is 0 Å². The molecule has 0 aromatic carbocycles. The zero-order valence-corrected chi connectivity index (χ0v) is 12.9. The van der Waals surface area contributed by atoms with E-state index in [-0.39, 0.29) is 17.9 Å². The van der Waals surface area contributed by atoms with Crippen molar-refractivity contribution < 1.29 is 14.3 Å². The van der Waals surface area contributed by atoms with E-state index < -0.39 is 6.10 Å². The van der Waals surface area contributed by atoms with Crippen molar-refractivity contribution >= 4 is 11.8 Å². The lowest BCUT2D eigenvalue weighted by molar-refractivity contribution is -0.130. The largest absolute Gasteiger partial charge is 0.367 e. The molecular weight excluding hydrogens is 282 g/mol. The zero-order chi connectivity index (χ0) is 15.7. The summed E-state index contributed by atoms with van der Waals surface area (Å²) in [7, 11) is 0. The molecule has 6 heteroatoms. The number of likely N-dealkylation sites (tertiary alicyclic amines) is 1. The smallest absolute Gasteiger partial charge is 0.255 e. The molecule has 22 heavy (non-hydrogen) atoms. The van der Waals surface area contributed by atoms with Crippen LogP contribution in [0.5, 0.6) is 0 Å². The summed E-state index contributed by atoms with van der Waals surface area (Å²) in [6, 6.07) is 1.83. The number of primary amides is 1. The molecule has 2 atom stereocenters. The molecule has 0 unspecified atom stereocenters. The van der Waals surface area contributed by atoms with Crippen LogP contribution in [0.4, 0.5) is 0 Å². The Hall–Kier alpha value is -1.82. The zero-order valence-electron chi connectivity index (χ0n) is 12.9. The third kappa shape index (κ3) is 2.88. The monoisotopic (exact) mass is 305 g/mol. The lowest BCUT2D eigenvalue weighted by atomic mass is 9.89. The summed E-state index contributed by atoms with van der Waals surface area (Å²) in [6.07, 6.45) is 4.95. The van der Waals surface area contributed by atoms with Crippen LogP contribution in [-0.4, -0.2) is 47.0 Å². The molecule has 2 saturated heterocycles. The van der Waals surface area contributed by atoms with Crippen LogP contribution in [0, 0.1) is 12.8 Å². The van der Waals surface area contributed by atoms with Crippen molar-refractivity contribution in [2.75, 3.05) is 13.1 Å². The molecule has 3 heterocycles. The lowest BCUT2D eigenvalue weighted by Crippen LogP contribution is -2.41. The molecule has 0 radical (unpaired) electrons. The number of hydrogen-bond donors (Lipinski definition) is 2. The first kappa shape index (κ1) is 15.1. The number of H-pyrrole nitrogens is 1. The number of hydrogen-bond acceptors (Lipinski definition) is 3. The van der Waals surface area contributed by atoms with Crippen LogP contribution in [-0.2, 0) is 9.53 Å². The third-order valence-corrected chi connectivity index (χ3v) is 4.91. The van der Waals surface area contributed by atoms with E-state index in [1.165, 1.54) is 0 Å². The van der Waals surface area contributed by atoms with Gasteiger partial charge in [-0.1, -0.05) is 0 Å². The van der Waals surface area contributed by atoms with E-state index >= 15 is 0 Å². The number of aromatic nitrogens is 1. The van der Waals surface area contributed by atoms with Crippen LogP contribution < -0.4 is 5.73 Å². The predicted octanol–water partition coefficient (Wildman–Crippen LogP) is 1.21. The molecule has 6 nitrogen and oxygen atoms in total. The van der Waals surface area contributed by atoms with Gasteiger partial charge >= 0.3 is 0 Å². The molecule has 1 aromatic rings. The van der Waals surface area contributed by atoms with E-state index in [4.69, 9.17) is 10.5 Å². The Morgan fingerprint density at radius 1 is 1.27 bits per heavy atom. The highest BCUT2D eigenvalue weighted by Crippen LogP contribution is 2.32. The predicted molar refractivity (Wildman–Crippen MR) is 81.2 cm³/mol. The number of aromatic amines is 1. The van der Waals surface area contributed by atoms with Crippen LogP contribution in [0.25, 0.3) is 0 Å². The van der Waals surface area contributed by atoms with Crippen molar-refractivity contribution in [1.29, 1.82) is 0 Å². The van der Waals surface area contributed by atoms with Gasteiger partial charge in [0.1, 0.15) is 6.10 Å². The van der Waals surface area contributed by atoms with Gasteiger partial charge in [-0.15, -0.1) is 0 Å². The van der Waals surface area contributed by atoms with Crippen molar-refractivity contribution in [3.05, 3.63) is 23.5 Å². The van der Waals surface area contributed by atoms with E-state index in [1.54, 1.807) is 6.20 Å². The number of carbonyl (C=O) groups is 2. The summed E-state index contributed by atoms with van der Waals surface area (Å²) in [5.41, 5.74) is 6.97. The Kier molecular flexibility index (Phi) is 4.20. The summed E-state index contributed by atoms with van der Waals surface area (Å²) in [6.45, 7) is 3.40. The maximum Gasteiger partial charge on any atom is 0.255 e. The minimum Gasteiger partial charge on any atom is -0.367 e. The second-order valence-corrected chi connectivity index (χ2v) is 6.29. The molecule has 0 saturated carbocycles. The van der Waals surface area contributed by atoms with E-state index in [1.807, 2.05) is 17.9 Å². The molecule has 2 fully saturated rings. The quantitative estimate of drug-likeness (QED) is 0.879. The summed E-state index contributed by atoms with van der Waals surface area (Å²) in [5, 5.41) is 0. The second kappa shape index (κ2) is 6.12. The number of nitrogens with zero attached hydrogens (tertiary/aromatic N) is 1. The van der Waals surface area contributed by atoms with Crippen LogP contribution in [0.1, 0.15) is 41.7 Å². The Morgan fingerprint density at radius 3 is 2.55 bits per heavy atom. The van der Waals surface area contributed by atoms with Crippen LogP contribution in [0.3, 0.4) is 0 Å². The number of aryl methyl sites for hydroxylation is 1. The van der Waals surface area contributed by atoms with Gasteiger partial charge in [-0.05, 0) is 44.6 Å². The van der Waals surface area contributed by atoms with Gasteiger partial charge in [-0.3, -0.25) is 9.59 Å². The second-order valence-electron chi connectivity index (χ2n) is 6.29. The van der Waals surface area contributed by atoms with Gasteiger partial charge in [0.15, 0.2) is 0 Å². The fraction of sp³-hybridized carbons (Fsp3) is 0.625. The third-order valence-electron chi connectivity index (χ3n) is 4.91. The summed E-state index contributed by atoms with van der Waals surface area (Å²) < 4.78 is 5.77. The van der Waals surface area contributed by atoms with Gasteiger partial charge in [0, 0.05) is 25.0 Å². The molecule has 120 valence electrons. The van der Waals surface area contributed by atoms with Gasteiger partial charge < -0.3 is 20.4 Å². The first-order chi connectivity index (χ1) is 10.6. The first-order valence-electron chi connectivity index (χ1n) is 7.94. The summed E-state index contributed by atoms with van der Waals surface area (Å²) in [5.74, 6) is 0.151. The Labute approximate surface area is 130 Å². The van der Waals surface area contributed by atoms with Gasteiger partial charge in [-0.2, -0.15) is 0 Å². The molecule has 0 bridgehead atoms. The number of piperidine rings is 1. The Balaban J connectivity index is 1.54. The topological polar surface area (TPSA) is 88.4 Å². The van der Waals surface area contributed by atoms with Crippen molar-refractivity contribution in [3.63, 3.8) is 0 Å². The maximum atomic E-state index is 12.5.